The number of nitrogens with zero attached hydrogens (tertiary/aromatic N) is 1. The van der Waals surface area contributed by atoms with Crippen LogP contribution in [-0.4, -0.2) is 29.3 Å². The molecule has 0 saturated carbocycles. The Hall–Kier alpha value is -2.89. The minimum Gasteiger partial charge on any atom is -0.373 e. The molecule has 0 radical (unpaired) electrons. The molecule has 2 N–H and O–H groups in total. The summed E-state index contributed by atoms with van der Waals surface area (Å²) in [4.78, 5) is 26.5. The summed E-state index contributed by atoms with van der Waals surface area (Å²) in [6.45, 7) is 3.07. The Labute approximate surface area is 151 Å². The minimum absolute atomic E-state index is 0.0247. The molecule has 4 rings (SSSR count). The third-order valence-corrected chi connectivity index (χ3v) is 5.24. The SMILES string of the molecule is CC(c1ccc(F)cc1)N1CCC(Nc2cccc3c2CNC3=O)C1=O. The van der Waals surface area contributed by atoms with Crippen LogP contribution in [0, 0.1) is 5.82 Å². The lowest BCUT2D eigenvalue weighted by Crippen LogP contribution is -2.35. The number of hydrogen-bond donors (Lipinski definition) is 2. The minimum atomic E-state index is -0.319. The number of rotatable bonds is 4. The van der Waals surface area contributed by atoms with Gasteiger partial charge in [0, 0.05) is 29.9 Å². The van der Waals surface area contributed by atoms with Gasteiger partial charge in [-0.3, -0.25) is 9.59 Å². The van der Waals surface area contributed by atoms with E-state index in [2.05, 4.69) is 10.6 Å². The molecule has 2 atom stereocenters. The van der Waals surface area contributed by atoms with Gasteiger partial charge in [-0.25, -0.2) is 4.39 Å². The van der Waals surface area contributed by atoms with Gasteiger partial charge in [-0.05, 0) is 43.2 Å². The number of halogens is 1. The fourth-order valence-electron chi connectivity index (χ4n) is 3.72. The van der Waals surface area contributed by atoms with Crippen LogP contribution in [0.5, 0.6) is 0 Å². The molecular weight excluding hydrogens is 333 g/mol. The van der Waals surface area contributed by atoms with Crippen molar-refractivity contribution in [2.45, 2.75) is 32.0 Å². The normalized spacial score (nSPS) is 20.1. The van der Waals surface area contributed by atoms with Gasteiger partial charge in [0.15, 0.2) is 0 Å². The molecule has 2 amide bonds. The highest BCUT2D eigenvalue weighted by atomic mass is 19.1. The van der Waals surface area contributed by atoms with Crippen molar-refractivity contribution in [3.63, 3.8) is 0 Å². The van der Waals surface area contributed by atoms with Crippen molar-refractivity contribution >= 4 is 17.5 Å². The van der Waals surface area contributed by atoms with Crippen LogP contribution in [0.25, 0.3) is 0 Å². The maximum atomic E-state index is 13.1. The van der Waals surface area contributed by atoms with Crippen LogP contribution in [0.15, 0.2) is 42.5 Å². The second-order valence-electron chi connectivity index (χ2n) is 6.76. The second-order valence-corrected chi connectivity index (χ2v) is 6.76. The Bertz CT molecular complexity index is 866. The van der Waals surface area contributed by atoms with E-state index in [1.54, 1.807) is 18.2 Å². The molecule has 2 aliphatic heterocycles. The summed E-state index contributed by atoms with van der Waals surface area (Å²) in [5, 5.41) is 6.12. The molecule has 2 aliphatic rings. The molecule has 2 aromatic carbocycles. The molecule has 134 valence electrons. The average molecular weight is 353 g/mol. The smallest absolute Gasteiger partial charge is 0.251 e. The van der Waals surface area contributed by atoms with E-state index < -0.39 is 0 Å². The molecule has 2 aromatic rings. The standard InChI is InChI=1S/C20H20FN3O2/c1-12(13-5-7-14(21)8-6-13)24-10-9-18(20(24)26)23-17-4-2-3-15-16(17)11-22-19(15)25/h2-8,12,18,23H,9-11H2,1H3,(H,22,25). The van der Waals surface area contributed by atoms with Crippen LogP contribution in [-0.2, 0) is 11.3 Å². The number of nitrogens with one attached hydrogen (secondary N) is 2. The molecule has 5 nitrogen and oxygen atoms in total. The number of anilines is 1. The van der Waals surface area contributed by atoms with E-state index >= 15 is 0 Å². The molecule has 0 aromatic heterocycles. The Balaban J connectivity index is 1.50. The van der Waals surface area contributed by atoms with Gasteiger partial charge < -0.3 is 15.5 Å². The van der Waals surface area contributed by atoms with Crippen molar-refractivity contribution < 1.29 is 14.0 Å². The van der Waals surface area contributed by atoms with Crippen molar-refractivity contribution in [1.82, 2.24) is 10.2 Å². The van der Waals surface area contributed by atoms with Gasteiger partial charge in [0.2, 0.25) is 5.91 Å². The first kappa shape index (κ1) is 16.6. The summed E-state index contributed by atoms with van der Waals surface area (Å²) in [5.41, 5.74) is 3.32. The largest absolute Gasteiger partial charge is 0.373 e. The summed E-state index contributed by atoms with van der Waals surface area (Å²) in [6.07, 6.45) is 0.690. The Kier molecular flexibility index (Phi) is 4.11. The number of carbonyl (C=O) groups is 2. The predicted octanol–water partition coefficient (Wildman–Crippen LogP) is 2.84. The molecule has 1 saturated heterocycles. The number of fused-ring (bicyclic) bond motifs is 1. The van der Waals surface area contributed by atoms with Crippen LogP contribution in [0.2, 0.25) is 0 Å². The van der Waals surface area contributed by atoms with E-state index in [4.69, 9.17) is 0 Å². The molecule has 6 heteroatoms. The van der Waals surface area contributed by atoms with Crippen molar-refractivity contribution in [2.24, 2.45) is 0 Å². The highest BCUT2D eigenvalue weighted by Gasteiger charge is 2.35. The summed E-state index contributed by atoms with van der Waals surface area (Å²) >= 11 is 0. The predicted molar refractivity (Wildman–Crippen MR) is 96.2 cm³/mol. The molecule has 0 spiro atoms. The second kappa shape index (κ2) is 6.44. The third-order valence-electron chi connectivity index (χ3n) is 5.24. The fraction of sp³-hybridized carbons (Fsp3) is 0.300. The van der Waals surface area contributed by atoms with Gasteiger partial charge in [-0.2, -0.15) is 0 Å². The summed E-state index contributed by atoms with van der Waals surface area (Å²) < 4.78 is 13.1. The van der Waals surface area contributed by atoms with Crippen LogP contribution in [0.4, 0.5) is 10.1 Å². The van der Waals surface area contributed by atoms with Gasteiger partial charge in [0.25, 0.3) is 5.91 Å². The van der Waals surface area contributed by atoms with E-state index in [9.17, 15) is 14.0 Å². The Morgan fingerprint density at radius 2 is 1.96 bits per heavy atom. The highest BCUT2D eigenvalue weighted by molar-refractivity contribution is 6.00. The maximum Gasteiger partial charge on any atom is 0.251 e. The summed E-state index contributed by atoms with van der Waals surface area (Å²) in [7, 11) is 0. The number of hydrogen-bond acceptors (Lipinski definition) is 3. The van der Waals surface area contributed by atoms with Gasteiger partial charge in [-0.1, -0.05) is 18.2 Å². The van der Waals surface area contributed by atoms with Crippen LogP contribution in [0.1, 0.15) is 40.9 Å². The van der Waals surface area contributed by atoms with E-state index in [0.717, 1.165) is 16.8 Å². The van der Waals surface area contributed by atoms with Gasteiger partial charge in [0.05, 0.1) is 6.04 Å². The summed E-state index contributed by atoms with van der Waals surface area (Å²) in [5.74, 6) is -0.334. The van der Waals surface area contributed by atoms with E-state index in [0.29, 0.717) is 25.1 Å². The van der Waals surface area contributed by atoms with E-state index in [-0.39, 0.29) is 29.7 Å². The first-order chi connectivity index (χ1) is 12.5. The van der Waals surface area contributed by atoms with Gasteiger partial charge in [0.1, 0.15) is 11.9 Å². The average Bonchev–Trinajstić information content (AvgIpc) is 3.20. The molecule has 0 aliphatic carbocycles. The lowest BCUT2D eigenvalue weighted by Gasteiger charge is -2.25. The van der Waals surface area contributed by atoms with Crippen molar-refractivity contribution in [1.29, 1.82) is 0 Å². The van der Waals surface area contributed by atoms with Crippen molar-refractivity contribution in [3.8, 4) is 0 Å². The maximum absolute atomic E-state index is 13.1. The van der Waals surface area contributed by atoms with Gasteiger partial charge >= 0.3 is 0 Å². The van der Waals surface area contributed by atoms with Crippen LogP contribution in [0.3, 0.4) is 0 Å². The van der Waals surface area contributed by atoms with Crippen molar-refractivity contribution in [3.05, 3.63) is 65.0 Å². The zero-order chi connectivity index (χ0) is 18.3. The first-order valence-corrected chi connectivity index (χ1v) is 8.77. The number of carbonyl (C=O) groups excluding carboxylic acids is 2. The third kappa shape index (κ3) is 2.81. The van der Waals surface area contributed by atoms with E-state index in [1.165, 1.54) is 12.1 Å². The van der Waals surface area contributed by atoms with E-state index in [1.807, 2.05) is 24.0 Å². The topological polar surface area (TPSA) is 61.4 Å². The molecule has 0 bridgehead atoms. The Morgan fingerprint density at radius 3 is 2.73 bits per heavy atom. The molecule has 26 heavy (non-hydrogen) atoms. The summed E-state index contributed by atoms with van der Waals surface area (Å²) in [6, 6.07) is 11.4. The van der Waals surface area contributed by atoms with Crippen molar-refractivity contribution in [2.75, 3.05) is 11.9 Å². The molecule has 1 fully saturated rings. The molecular formula is C20H20FN3O2. The lowest BCUT2D eigenvalue weighted by atomic mass is 10.1. The Morgan fingerprint density at radius 1 is 1.19 bits per heavy atom. The highest BCUT2D eigenvalue weighted by Crippen LogP contribution is 2.30. The van der Waals surface area contributed by atoms with Crippen LogP contribution < -0.4 is 10.6 Å². The fourth-order valence-corrected chi connectivity index (χ4v) is 3.72. The quantitative estimate of drug-likeness (QED) is 0.889. The zero-order valence-electron chi connectivity index (χ0n) is 14.5. The van der Waals surface area contributed by atoms with Gasteiger partial charge in [-0.15, -0.1) is 0 Å². The number of likely N-dealkylation sites (tertiary alicyclic amines) is 1. The lowest BCUT2D eigenvalue weighted by molar-refractivity contribution is -0.130. The van der Waals surface area contributed by atoms with Crippen LogP contribution >= 0.6 is 0 Å². The number of benzene rings is 2. The molecule has 2 unspecified atom stereocenters. The number of amides is 2. The first-order valence-electron chi connectivity index (χ1n) is 8.77. The molecule has 2 heterocycles. The monoisotopic (exact) mass is 353 g/mol. The zero-order valence-corrected chi connectivity index (χ0v) is 14.5.